The van der Waals surface area contributed by atoms with Gasteiger partial charge in [-0.1, -0.05) is 0 Å². The Hall–Kier alpha value is -1.37. The third kappa shape index (κ3) is 4.56. The molecule has 1 rings (SSSR count). The molecule has 0 fully saturated rings. The average Bonchev–Trinajstić information content (AvgIpc) is 2.26. The number of anilines is 1. The minimum atomic E-state index is -4.25. The second kappa shape index (κ2) is 5.81. The molecule has 0 aliphatic carbocycles. The molecule has 0 saturated heterocycles. The van der Waals surface area contributed by atoms with Crippen molar-refractivity contribution in [1.29, 1.82) is 0 Å². The van der Waals surface area contributed by atoms with Crippen LogP contribution in [0.5, 0.6) is 0 Å². The Morgan fingerprint density at radius 3 is 2.29 bits per heavy atom. The van der Waals surface area contributed by atoms with E-state index in [-0.39, 0.29) is 12.5 Å². The van der Waals surface area contributed by atoms with Crippen LogP contribution in [0.3, 0.4) is 0 Å². The van der Waals surface area contributed by atoms with Crippen LogP contribution in [0, 0.1) is 0 Å². The molecule has 0 aliphatic heterocycles. The number of hydrogen-bond donors (Lipinski definition) is 1. The highest BCUT2D eigenvalue weighted by molar-refractivity contribution is 5.29. The van der Waals surface area contributed by atoms with Gasteiger partial charge in [-0.15, -0.1) is 0 Å². The van der Waals surface area contributed by atoms with Crippen molar-refractivity contribution in [3.63, 3.8) is 0 Å². The van der Waals surface area contributed by atoms with E-state index < -0.39 is 12.7 Å². The van der Waals surface area contributed by atoms with Crippen LogP contribution in [-0.2, 0) is 6.42 Å². The minimum absolute atomic E-state index is 0.0885. The summed E-state index contributed by atoms with van der Waals surface area (Å²) < 4.78 is 36.8. The highest BCUT2D eigenvalue weighted by Crippen LogP contribution is 2.19. The van der Waals surface area contributed by atoms with Gasteiger partial charge in [0.05, 0.1) is 0 Å². The van der Waals surface area contributed by atoms with Crippen molar-refractivity contribution in [3.05, 3.63) is 18.0 Å². The third-order valence-electron chi connectivity index (χ3n) is 2.16. The van der Waals surface area contributed by atoms with Crippen molar-refractivity contribution < 1.29 is 13.2 Å². The van der Waals surface area contributed by atoms with Gasteiger partial charge in [-0.25, -0.2) is 9.97 Å². The van der Waals surface area contributed by atoms with Gasteiger partial charge in [0.2, 0.25) is 5.95 Å². The molecule has 1 aromatic rings. The number of hydrogen-bond acceptors (Lipinski definition) is 4. The zero-order chi connectivity index (χ0) is 12.9. The van der Waals surface area contributed by atoms with Gasteiger partial charge >= 0.3 is 6.18 Å². The van der Waals surface area contributed by atoms with Crippen molar-refractivity contribution in [3.8, 4) is 0 Å². The first-order chi connectivity index (χ1) is 7.96. The second-order valence-corrected chi connectivity index (χ2v) is 3.56. The van der Waals surface area contributed by atoms with E-state index >= 15 is 0 Å². The molecule has 17 heavy (non-hydrogen) atoms. The van der Waals surface area contributed by atoms with E-state index in [4.69, 9.17) is 5.73 Å². The molecule has 7 heteroatoms. The van der Waals surface area contributed by atoms with Crippen molar-refractivity contribution in [2.75, 3.05) is 24.5 Å². The van der Waals surface area contributed by atoms with E-state index in [1.54, 1.807) is 6.92 Å². The Kier molecular flexibility index (Phi) is 4.68. The molecule has 1 heterocycles. The molecule has 0 radical (unpaired) electrons. The maximum absolute atomic E-state index is 12.3. The fraction of sp³-hybridized carbons (Fsp3) is 0.600. The number of halogens is 3. The molecule has 0 spiro atoms. The first kappa shape index (κ1) is 13.7. The van der Waals surface area contributed by atoms with Gasteiger partial charge in [-0.2, -0.15) is 13.2 Å². The average molecular weight is 248 g/mol. The Bertz CT molecular complexity index is 336. The number of rotatable bonds is 5. The largest absolute Gasteiger partial charge is 0.406 e. The van der Waals surface area contributed by atoms with Crippen molar-refractivity contribution >= 4 is 5.95 Å². The lowest BCUT2D eigenvalue weighted by Crippen LogP contribution is -2.35. The van der Waals surface area contributed by atoms with Crippen LogP contribution in [0.25, 0.3) is 0 Å². The monoisotopic (exact) mass is 248 g/mol. The van der Waals surface area contributed by atoms with Crippen molar-refractivity contribution in [2.24, 2.45) is 5.73 Å². The number of nitrogens with two attached hydrogens (primary N) is 1. The molecule has 0 unspecified atom stereocenters. The Balaban J connectivity index is 2.75. The van der Waals surface area contributed by atoms with Crippen LogP contribution >= 0.6 is 0 Å². The number of alkyl halides is 3. The molecule has 0 amide bonds. The van der Waals surface area contributed by atoms with Gasteiger partial charge in [0.25, 0.3) is 0 Å². The summed E-state index contributed by atoms with van der Waals surface area (Å²) in [5.41, 5.74) is 6.17. The lowest BCUT2D eigenvalue weighted by molar-refractivity contribution is -0.119. The van der Waals surface area contributed by atoms with Crippen LogP contribution < -0.4 is 10.6 Å². The smallest absolute Gasteiger partial charge is 0.332 e. The van der Waals surface area contributed by atoms with Gasteiger partial charge in [-0.05, 0) is 25.5 Å². The van der Waals surface area contributed by atoms with Gasteiger partial charge in [0.15, 0.2) is 0 Å². The maximum atomic E-state index is 12.3. The first-order valence-electron chi connectivity index (χ1n) is 5.29. The molecular formula is C10H15F3N4. The van der Waals surface area contributed by atoms with E-state index in [1.807, 2.05) is 0 Å². The zero-order valence-electron chi connectivity index (χ0n) is 9.54. The van der Waals surface area contributed by atoms with Crippen molar-refractivity contribution in [1.82, 2.24) is 9.97 Å². The summed E-state index contributed by atoms with van der Waals surface area (Å²) in [4.78, 5) is 8.90. The lowest BCUT2D eigenvalue weighted by atomic mass is 10.2. The highest BCUT2D eigenvalue weighted by atomic mass is 19.4. The van der Waals surface area contributed by atoms with Crippen LogP contribution in [0.15, 0.2) is 12.4 Å². The fourth-order valence-corrected chi connectivity index (χ4v) is 1.35. The molecule has 2 N–H and O–H groups in total. The molecule has 96 valence electrons. The van der Waals surface area contributed by atoms with Crippen LogP contribution in [0.1, 0.15) is 12.5 Å². The van der Waals surface area contributed by atoms with Crippen molar-refractivity contribution in [2.45, 2.75) is 19.5 Å². The summed E-state index contributed by atoms with van der Waals surface area (Å²) in [6.07, 6.45) is -0.622. The quantitative estimate of drug-likeness (QED) is 0.855. The molecule has 4 nitrogen and oxygen atoms in total. The predicted molar refractivity (Wildman–Crippen MR) is 58.7 cm³/mol. The maximum Gasteiger partial charge on any atom is 0.406 e. The summed E-state index contributed by atoms with van der Waals surface area (Å²) >= 11 is 0. The van der Waals surface area contributed by atoms with E-state index in [1.165, 1.54) is 12.4 Å². The van der Waals surface area contributed by atoms with E-state index in [9.17, 15) is 13.2 Å². The predicted octanol–water partition coefficient (Wildman–Crippen LogP) is 1.37. The summed E-state index contributed by atoms with van der Waals surface area (Å²) in [5, 5.41) is 0. The second-order valence-electron chi connectivity index (χ2n) is 3.56. The fourth-order valence-electron chi connectivity index (χ4n) is 1.35. The normalized spacial score (nSPS) is 11.6. The van der Waals surface area contributed by atoms with Crippen LogP contribution in [0.4, 0.5) is 19.1 Å². The molecule has 0 aliphatic rings. The van der Waals surface area contributed by atoms with Gasteiger partial charge < -0.3 is 10.6 Å². The first-order valence-corrected chi connectivity index (χ1v) is 5.29. The molecule has 0 bridgehead atoms. The molecule has 0 aromatic carbocycles. The Morgan fingerprint density at radius 2 is 1.88 bits per heavy atom. The number of nitrogens with zero attached hydrogens (tertiary/aromatic N) is 3. The topological polar surface area (TPSA) is 55.0 Å². The van der Waals surface area contributed by atoms with Gasteiger partial charge in [0, 0.05) is 18.9 Å². The van der Waals surface area contributed by atoms with E-state index in [0.717, 1.165) is 10.5 Å². The van der Waals surface area contributed by atoms with E-state index in [2.05, 4.69) is 9.97 Å². The Morgan fingerprint density at radius 1 is 1.29 bits per heavy atom. The summed E-state index contributed by atoms with van der Waals surface area (Å²) in [6.45, 7) is 1.25. The molecular weight excluding hydrogens is 233 g/mol. The lowest BCUT2D eigenvalue weighted by Gasteiger charge is -2.21. The summed E-state index contributed by atoms with van der Waals surface area (Å²) in [5.74, 6) is 0.0885. The third-order valence-corrected chi connectivity index (χ3v) is 2.16. The summed E-state index contributed by atoms with van der Waals surface area (Å²) in [6, 6.07) is 0. The minimum Gasteiger partial charge on any atom is -0.332 e. The van der Waals surface area contributed by atoms with Crippen LogP contribution in [-0.4, -0.2) is 35.8 Å². The standard InChI is InChI=1S/C10H15F3N4/c1-2-17(7-10(11,12)13)9-15-5-8(3-4-14)6-16-9/h5-6H,2-4,7,14H2,1H3. The molecule has 1 aromatic heterocycles. The van der Waals surface area contributed by atoms with E-state index in [0.29, 0.717) is 13.0 Å². The van der Waals surface area contributed by atoms with Crippen LogP contribution in [0.2, 0.25) is 0 Å². The molecule has 0 atom stereocenters. The highest BCUT2D eigenvalue weighted by Gasteiger charge is 2.31. The van der Waals surface area contributed by atoms with Gasteiger partial charge in [-0.3, -0.25) is 0 Å². The SMILES string of the molecule is CCN(CC(F)(F)F)c1ncc(CCN)cn1. The Labute approximate surface area is 97.7 Å². The van der Waals surface area contributed by atoms with Gasteiger partial charge in [0.1, 0.15) is 6.54 Å². The molecule has 0 saturated carbocycles. The number of aromatic nitrogens is 2. The zero-order valence-corrected chi connectivity index (χ0v) is 9.54. The summed E-state index contributed by atoms with van der Waals surface area (Å²) in [7, 11) is 0.